The van der Waals surface area contributed by atoms with Crippen molar-refractivity contribution in [2.45, 2.75) is 6.92 Å². The molecule has 0 radical (unpaired) electrons. The highest BCUT2D eigenvalue weighted by atomic mass is 19.1. The third-order valence-electron chi connectivity index (χ3n) is 2.95. The zero-order valence-corrected chi connectivity index (χ0v) is 10.00. The number of hydrogen-bond donors (Lipinski definition) is 1. The Bertz CT molecular complexity index is 654. The second-order valence-electron chi connectivity index (χ2n) is 4.09. The molecular formula is C13H12F2N2O. The van der Waals surface area contributed by atoms with E-state index in [1.807, 2.05) is 0 Å². The first kappa shape index (κ1) is 12.3. The van der Waals surface area contributed by atoms with Crippen LogP contribution in [0, 0.1) is 18.6 Å². The summed E-state index contributed by atoms with van der Waals surface area (Å²) in [6, 6.07) is 4.80. The number of hydrogen-bond acceptors (Lipinski definition) is 2. The lowest BCUT2D eigenvalue weighted by atomic mass is 10.0. The van der Waals surface area contributed by atoms with E-state index in [1.54, 1.807) is 14.0 Å². The molecule has 0 saturated carbocycles. The van der Waals surface area contributed by atoms with Gasteiger partial charge in [0.05, 0.1) is 5.56 Å². The highest BCUT2D eigenvalue weighted by Crippen LogP contribution is 2.29. The molecule has 3 nitrogen and oxygen atoms in total. The number of nitrogen functional groups attached to an aromatic ring is 1. The summed E-state index contributed by atoms with van der Waals surface area (Å²) < 4.78 is 28.9. The normalized spacial score (nSPS) is 10.7. The van der Waals surface area contributed by atoms with Gasteiger partial charge in [-0.1, -0.05) is 0 Å². The molecule has 0 unspecified atom stereocenters. The Balaban J connectivity index is 2.78. The number of rotatable bonds is 1. The van der Waals surface area contributed by atoms with Crippen LogP contribution in [-0.2, 0) is 7.05 Å². The largest absolute Gasteiger partial charge is 0.399 e. The van der Waals surface area contributed by atoms with E-state index >= 15 is 0 Å². The van der Waals surface area contributed by atoms with Crippen molar-refractivity contribution in [1.29, 1.82) is 0 Å². The second kappa shape index (κ2) is 4.25. The molecule has 0 atom stereocenters. The summed E-state index contributed by atoms with van der Waals surface area (Å²) in [5.41, 5.74) is 5.82. The van der Waals surface area contributed by atoms with Gasteiger partial charge in [-0.3, -0.25) is 4.79 Å². The fourth-order valence-corrected chi connectivity index (χ4v) is 1.85. The average Bonchev–Trinajstić information content (AvgIpc) is 2.28. The van der Waals surface area contributed by atoms with E-state index in [0.29, 0.717) is 11.3 Å². The lowest BCUT2D eigenvalue weighted by Gasteiger charge is -2.12. The second-order valence-corrected chi connectivity index (χ2v) is 4.09. The van der Waals surface area contributed by atoms with Gasteiger partial charge in [0.1, 0.15) is 11.6 Å². The summed E-state index contributed by atoms with van der Waals surface area (Å²) in [5, 5.41) is 0. The lowest BCUT2D eigenvalue weighted by Crippen LogP contribution is -2.18. The number of nitrogens with two attached hydrogens (primary N) is 1. The standard InChI is InChI=1S/C13H12F2N2O/c1-7-9(3-4-12(18)17(7)2)13-10(14)5-8(16)6-11(13)15/h3-6H,16H2,1-2H3. The van der Waals surface area contributed by atoms with Crippen LogP contribution in [0.4, 0.5) is 14.5 Å². The molecule has 1 aromatic carbocycles. The first-order valence-electron chi connectivity index (χ1n) is 5.33. The predicted octanol–water partition coefficient (Wildman–Crippen LogP) is 2.22. The molecule has 18 heavy (non-hydrogen) atoms. The molecule has 1 heterocycles. The van der Waals surface area contributed by atoms with Crippen molar-refractivity contribution in [3.63, 3.8) is 0 Å². The average molecular weight is 250 g/mol. The smallest absolute Gasteiger partial charge is 0.250 e. The van der Waals surface area contributed by atoms with Crippen LogP contribution in [0.15, 0.2) is 29.1 Å². The van der Waals surface area contributed by atoms with Gasteiger partial charge in [-0.2, -0.15) is 0 Å². The van der Waals surface area contributed by atoms with Gasteiger partial charge in [-0.25, -0.2) is 8.78 Å². The van der Waals surface area contributed by atoms with Gasteiger partial charge in [0, 0.05) is 30.1 Å². The van der Waals surface area contributed by atoms with E-state index in [9.17, 15) is 13.6 Å². The van der Waals surface area contributed by atoms with Gasteiger partial charge in [0.25, 0.3) is 0 Å². The highest BCUT2D eigenvalue weighted by Gasteiger charge is 2.15. The zero-order valence-electron chi connectivity index (χ0n) is 10.00. The first-order valence-corrected chi connectivity index (χ1v) is 5.33. The summed E-state index contributed by atoms with van der Waals surface area (Å²) in [6.07, 6.45) is 0. The summed E-state index contributed by atoms with van der Waals surface area (Å²) in [7, 11) is 1.55. The van der Waals surface area contributed by atoms with Crippen LogP contribution in [0.25, 0.3) is 11.1 Å². The van der Waals surface area contributed by atoms with E-state index in [1.165, 1.54) is 16.7 Å². The Morgan fingerprint density at radius 1 is 1.17 bits per heavy atom. The van der Waals surface area contributed by atoms with Crippen molar-refractivity contribution in [2.75, 3.05) is 5.73 Å². The molecular weight excluding hydrogens is 238 g/mol. The molecule has 2 rings (SSSR count). The summed E-state index contributed by atoms with van der Waals surface area (Å²) >= 11 is 0. The molecule has 0 spiro atoms. The van der Waals surface area contributed by atoms with Crippen molar-refractivity contribution in [1.82, 2.24) is 4.57 Å². The first-order chi connectivity index (χ1) is 8.41. The van der Waals surface area contributed by atoms with Gasteiger partial charge in [-0.15, -0.1) is 0 Å². The van der Waals surface area contributed by atoms with Crippen LogP contribution in [0.3, 0.4) is 0 Å². The van der Waals surface area contributed by atoms with Crippen molar-refractivity contribution < 1.29 is 8.78 Å². The van der Waals surface area contributed by atoms with Gasteiger partial charge in [0.2, 0.25) is 5.56 Å². The summed E-state index contributed by atoms with van der Waals surface area (Å²) in [4.78, 5) is 11.4. The van der Waals surface area contributed by atoms with E-state index in [2.05, 4.69) is 0 Å². The Morgan fingerprint density at radius 2 is 1.72 bits per heavy atom. The monoisotopic (exact) mass is 250 g/mol. The Morgan fingerprint density at radius 3 is 2.28 bits per heavy atom. The van der Waals surface area contributed by atoms with Gasteiger partial charge >= 0.3 is 0 Å². The van der Waals surface area contributed by atoms with Gasteiger partial charge < -0.3 is 10.3 Å². The maximum Gasteiger partial charge on any atom is 0.250 e. The predicted molar refractivity (Wildman–Crippen MR) is 66.2 cm³/mol. The number of nitrogens with zero attached hydrogens (tertiary/aromatic N) is 1. The van der Waals surface area contributed by atoms with Crippen LogP contribution < -0.4 is 11.3 Å². The van der Waals surface area contributed by atoms with E-state index in [0.717, 1.165) is 12.1 Å². The van der Waals surface area contributed by atoms with E-state index in [-0.39, 0.29) is 16.8 Å². The molecule has 0 aliphatic rings. The van der Waals surface area contributed by atoms with Crippen LogP contribution in [-0.4, -0.2) is 4.57 Å². The zero-order chi connectivity index (χ0) is 13.4. The lowest BCUT2D eigenvalue weighted by molar-refractivity contribution is 0.590. The van der Waals surface area contributed by atoms with E-state index < -0.39 is 11.6 Å². The van der Waals surface area contributed by atoms with Crippen LogP contribution in [0.2, 0.25) is 0 Å². The van der Waals surface area contributed by atoms with Gasteiger partial charge in [-0.05, 0) is 25.1 Å². The van der Waals surface area contributed by atoms with Crippen LogP contribution in [0.5, 0.6) is 0 Å². The number of pyridine rings is 1. The molecule has 2 N–H and O–H groups in total. The molecule has 0 bridgehead atoms. The molecule has 2 aromatic rings. The fraction of sp³-hybridized carbons (Fsp3) is 0.154. The van der Waals surface area contributed by atoms with Crippen molar-refractivity contribution >= 4 is 5.69 Å². The topological polar surface area (TPSA) is 48.0 Å². The maximum absolute atomic E-state index is 13.8. The molecule has 0 fully saturated rings. The summed E-state index contributed by atoms with van der Waals surface area (Å²) in [6.45, 7) is 1.63. The van der Waals surface area contributed by atoms with Crippen molar-refractivity contribution in [2.24, 2.45) is 7.05 Å². The molecule has 1 aromatic heterocycles. The van der Waals surface area contributed by atoms with Gasteiger partial charge in [0.15, 0.2) is 0 Å². The molecule has 0 saturated heterocycles. The third-order valence-corrected chi connectivity index (χ3v) is 2.95. The fourth-order valence-electron chi connectivity index (χ4n) is 1.85. The Hall–Kier alpha value is -2.17. The van der Waals surface area contributed by atoms with E-state index in [4.69, 9.17) is 5.73 Å². The summed E-state index contributed by atoms with van der Waals surface area (Å²) in [5.74, 6) is -1.48. The number of halogens is 2. The number of aromatic nitrogens is 1. The van der Waals surface area contributed by atoms with Crippen molar-refractivity contribution in [3.05, 3.63) is 51.9 Å². The number of anilines is 1. The maximum atomic E-state index is 13.8. The van der Waals surface area contributed by atoms with Crippen LogP contribution in [0.1, 0.15) is 5.69 Å². The molecule has 94 valence electrons. The Labute approximate surface area is 102 Å². The SMILES string of the molecule is Cc1c(-c2c(F)cc(N)cc2F)ccc(=O)n1C. The number of benzene rings is 1. The minimum absolute atomic E-state index is 0.0243. The molecule has 0 aliphatic carbocycles. The Kier molecular flexibility index (Phi) is 2.90. The third kappa shape index (κ3) is 1.88. The molecule has 0 amide bonds. The molecule has 0 aliphatic heterocycles. The molecule has 5 heteroatoms. The minimum Gasteiger partial charge on any atom is -0.399 e. The van der Waals surface area contributed by atoms with Crippen LogP contribution >= 0.6 is 0 Å². The minimum atomic E-state index is -0.741. The quantitative estimate of drug-likeness (QED) is 0.789. The highest BCUT2D eigenvalue weighted by molar-refractivity contribution is 5.69. The van der Waals surface area contributed by atoms with Crippen molar-refractivity contribution in [3.8, 4) is 11.1 Å².